The van der Waals surface area contributed by atoms with Gasteiger partial charge in [0.25, 0.3) is 0 Å². The number of anilines is 1. The summed E-state index contributed by atoms with van der Waals surface area (Å²) in [5.41, 5.74) is -0.0806. The van der Waals surface area contributed by atoms with E-state index in [4.69, 9.17) is 4.74 Å². The Labute approximate surface area is 104 Å². The molecule has 18 heavy (non-hydrogen) atoms. The quantitative estimate of drug-likeness (QED) is 0.613. The summed E-state index contributed by atoms with van der Waals surface area (Å²) in [6.07, 6.45) is 1.78. The van der Waals surface area contributed by atoms with Crippen LogP contribution in [0.25, 0.3) is 0 Å². The topological polar surface area (TPSA) is 55.6 Å². The molecular formula is C12H15FN2O3. The van der Waals surface area contributed by atoms with E-state index < -0.39 is 16.4 Å². The van der Waals surface area contributed by atoms with Gasteiger partial charge in [0.2, 0.25) is 5.82 Å². The van der Waals surface area contributed by atoms with Gasteiger partial charge < -0.3 is 9.64 Å². The van der Waals surface area contributed by atoms with Crippen molar-refractivity contribution in [3.63, 3.8) is 0 Å². The normalized spacial score (nSPS) is 16.9. The highest BCUT2D eigenvalue weighted by atomic mass is 19.1. The fourth-order valence-electron chi connectivity index (χ4n) is 2.27. The van der Waals surface area contributed by atoms with E-state index >= 15 is 0 Å². The summed E-state index contributed by atoms with van der Waals surface area (Å²) in [5, 5.41) is 10.9. The molecule has 1 heterocycles. The van der Waals surface area contributed by atoms with Crippen LogP contribution in [0.1, 0.15) is 12.8 Å². The average Bonchev–Trinajstić information content (AvgIpc) is 2.38. The van der Waals surface area contributed by atoms with E-state index in [0.717, 1.165) is 18.9 Å². The third-order valence-electron chi connectivity index (χ3n) is 3.26. The molecule has 98 valence electrons. The largest absolute Gasteiger partial charge is 0.381 e. The zero-order chi connectivity index (χ0) is 13.1. The van der Waals surface area contributed by atoms with Crippen LogP contribution in [0.15, 0.2) is 18.2 Å². The molecular weight excluding hydrogens is 239 g/mol. The molecule has 2 rings (SSSR count). The summed E-state index contributed by atoms with van der Waals surface area (Å²) < 4.78 is 18.7. The van der Waals surface area contributed by atoms with Crippen molar-refractivity contribution in [3.05, 3.63) is 34.1 Å². The average molecular weight is 254 g/mol. The Morgan fingerprint density at radius 1 is 1.44 bits per heavy atom. The molecule has 0 atom stereocenters. The second kappa shape index (κ2) is 5.30. The number of nitro benzene ring substituents is 1. The lowest BCUT2D eigenvalue weighted by Gasteiger charge is -2.32. The van der Waals surface area contributed by atoms with Crippen molar-refractivity contribution in [2.45, 2.75) is 18.9 Å². The van der Waals surface area contributed by atoms with Crippen molar-refractivity contribution in [2.75, 3.05) is 25.1 Å². The Morgan fingerprint density at radius 3 is 2.67 bits per heavy atom. The van der Waals surface area contributed by atoms with Crippen molar-refractivity contribution in [1.82, 2.24) is 0 Å². The molecule has 0 saturated carbocycles. The van der Waals surface area contributed by atoms with Gasteiger partial charge in [0.1, 0.15) is 5.69 Å². The van der Waals surface area contributed by atoms with Crippen LogP contribution in [-0.2, 0) is 4.74 Å². The fraction of sp³-hybridized carbons (Fsp3) is 0.500. The van der Waals surface area contributed by atoms with E-state index in [-0.39, 0.29) is 6.10 Å². The van der Waals surface area contributed by atoms with Crippen molar-refractivity contribution < 1.29 is 14.1 Å². The molecule has 0 aliphatic carbocycles. The zero-order valence-electron chi connectivity index (χ0n) is 10.1. The predicted molar refractivity (Wildman–Crippen MR) is 65.3 cm³/mol. The Balaban J connectivity index is 2.24. The standard InChI is InChI=1S/C12H15FN2O3/c1-18-9-5-7-14(8-6-9)11-4-2-3-10(13)12(11)15(16)17/h2-4,9H,5-8H2,1H3. The number of nitro groups is 1. The molecule has 5 nitrogen and oxygen atoms in total. The van der Waals surface area contributed by atoms with Crippen LogP contribution in [-0.4, -0.2) is 31.2 Å². The molecule has 0 spiro atoms. The van der Waals surface area contributed by atoms with Crippen LogP contribution in [0, 0.1) is 15.9 Å². The van der Waals surface area contributed by atoms with Gasteiger partial charge in [-0.05, 0) is 25.0 Å². The monoisotopic (exact) mass is 254 g/mol. The summed E-state index contributed by atoms with van der Waals surface area (Å²) in [6.45, 7) is 1.28. The van der Waals surface area contributed by atoms with E-state index in [2.05, 4.69) is 0 Å². The van der Waals surface area contributed by atoms with Crippen LogP contribution in [0.2, 0.25) is 0 Å². The van der Waals surface area contributed by atoms with E-state index in [0.29, 0.717) is 18.8 Å². The molecule has 1 aliphatic heterocycles. The van der Waals surface area contributed by atoms with Crippen LogP contribution in [0.4, 0.5) is 15.8 Å². The van der Waals surface area contributed by atoms with Gasteiger partial charge in [-0.1, -0.05) is 6.07 Å². The minimum atomic E-state index is -0.786. The zero-order valence-corrected chi connectivity index (χ0v) is 10.1. The highest BCUT2D eigenvalue weighted by Gasteiger charge is 2.27. The minimum Gasteiger partial charge on any atom is -0.381 e. The third kappa shape index (κ3) is 2.43. The Hall–Kier alpha value is -1.69. The highest BCUT2D eigenvalue weighted by Crippen LogP contribution is 2.32. The SMILES string of the molecule is COC1CCN(c2cccc(F)c2[N+](=O)[O-])CC1. The lowest BCUT2D eigenvalue weighted by molar-refractivity contribution is -0.386. The summed E-state index contributed by atoms with van der Waals surface area (Å²) in [4.78, 5) is 12.1. The number of para-hydroxylation sites is 1. The number of ether oxygens (including phenoxy) is 1. The first kappa shape index (κ1) is 12.8. The maximum Gasteiger partial charge on any atom is 0.327 e. The van der Waals surface area contributed by atoms with Crippen LogP contribution in [0.3, 0.4) is 0 Å². The predicted octanol–water partition coefficient (Wildman–Crippen LogP) is 2.35. The number of halogens is 1. The molecule has 6 heteroatoms. The van der Waals surface area contributed by atoms with Gasteiger partial charge in [0.15, 0.2) is 0 Å². The van der Waals surface area contributed by atoms with Crippen molar-refractivity contribution in [2.24, 2.45) is 0 Å². The molecule has 1 aliphatic rings. The molecule has 0 bridgehead atoms. The summed E-state index contributed by atoms with van der Waals surface area (Å²) in [6, 6.07) is 4.21. The molecule has 1 aromatic carbocycles. The maximum atomic E-state index is 13.5. The molecule has 0 aromatic heterocycles. The van der Waals surface area contributed by atoms with Gasteiger partial charge in [-0.15, -0.1) is 0 Å². The van der Waals surface area contributed by atoms with Gasteiger partial charge in [-0.25, -0.2) is 0 Å². The lowest BCUT2D eigenvalue weighted by atomic mass is 10.1. The molecule has 1 aromatic rings. The molecule has 0 amide bonds. The van der Waals surface area contributed by atoms with Gasteiger partial charge in [0, 0.05) is 20.2 Å². The van der Waals surface area contributed by atoms with Gasteiger partial charge in [-0.2, -0.15) is 4.39 Å². The number of hydrogen-bond donors (Lipinski definition) is 0. The number of methoxy groups -OCH3 is 1. The van der Waals surface area contributed by atoms with E-state index in [1.54, 1.807) is 13.2 Å². The lowest BCUT2D eigenvalue weighted by Crippen LogP contribution is -2.37. The number of piperidine rings is 1. The molecule has 0 N–H and O–H groups in total. The summed E-state index contributed by atoms with van der Waals surface area (Å²) in [5.74, 6) is -0.786. The Bertz CT molecular complexity index is 445. The molecule has 0 unspecified atom stereocenters. The summed E-state index contributed by atoms with van der Waals surface area (Å²) >= 11 is 0. The van der Waals surface area contributed by atoms with Crippen LogP contribution in [0.5, 0.6) is 0 Å². The highest BCUT2D eigenvalue weighted by molar-refractivity contribution is 5.64. The smallest absolute Gasteiger partial charge is 0.327 e. The number of hydrogen-bond acceptors (Lipinski definition) is 4. The van der Waals surface area contributed by atoms with Crippen molar-refractivity contribution in [1.29, 1.82) is 0 Å². The van der Waals surface area contributed by atoms with E-state index in [9.17, 15) is 14.5 Å². The minimum absolute atomic E-state index is 0.189. The third-order valence-corrected chi connectivity index (χ3v) is 3.26. The van der Waals surface area contributed by atoms with Gasteiger partial charge in [-0.3, -0.25) is 10.1 Å². The van der Waals surface area contributed by atoms with Crippen molar-refractivity contribution >= 4 is 11.4 Å². The summed E-state index contributed by atoms with van der Waals surface area (Å²) in [7, 11) is 1.66. The van der Waals surface area contributed by atoms with Crippen molar-refractivity contribution in [3.8, 4) is 0 Å². The molecule has 1 saturated heterocycles. The first-order chi connectivity index (χ1) is 8.63. The number of rotatable bonds is 3. The second-order valence-corrected chi connectivity index (χ2v) is 4.29. The molecule has 1 fully saturated rings. The number of benzene rings is 1. The van der Waals surface area contributed by atoms with E-state index in [1.807, 2.05) is 4.90 Å². The van der Waals surface area contributed by atoms with Gasteiger partial charge >= 0.3 is 5.69 Å². The first-order valence-electron chi connectivity index (χ1n) is 5.84. The van der Waals surface area contributed by atoms with Gasteiger partial charge in [0.05, 0.1) is 11.0 Å². The maximum absolute atomic E-state index is 13.5. The Kier molecular flexibility index (Phi) is 3.76. The molecule has 0 radical (unpaired) electrons. The Morgan fingerprint density at radius 2 is 2.11 bits per heavy atom. The van der Waals surface area contributed by atoms with Crippen LogP contribution < -0.4 is 4.90 Å². The number of nitrogens with zero attached hydrogens (tertiary/aromatic N) is 2. The van der Waals surface area contributed by atoms with E-state index in [1.165, 1.54) is 6.07 Å². The second-order valence-electron chi connectivity index (χ2n) is 4.29. The first-order valence-corrected chi connectivity index (χ1v) is 5.84. The fourth-order valence-corrected chi connectivity index (χ4v) is 2.27. The van der Waals surface area contributed by atoms with Crippen LogP contribution >= 0.6 is 0 Å².